The maximum absolute atomic E-state index is 6.45. The zero-order chi connectivity index (χ0) is 17.9. The summed E-state index contributed by atoms with van der Waals surface area (Å²) < 4.78 is 13.0. The molecule has 1 aromatic carbocycles. The fourth-order valence-electron chi connectivity index (χ4n) is 4.62. The second-order valence-electron chi connectivity index (χ2n) is 7.45. The highest BCUT2D eigenvalue weighted by Crippen LogP contribution is 2.50. The zero-order valence-electron chi connectivity index (χ0n) is 14.8. The van der Waals surface area contributed by atoms with E-state index in [9.17, 15) is 0 Å². The molecule has 4 heterocycles. The lowest BCUT2D eigenvalue weighted by molar-refractivity contribution is -0.0953. The number of rotatable bonds is 1. The van der Waals surface area contributed by atoms with E-state index >= 15 is 0 Å². The van der Waals surface area contributed by atoms with Crippen molar-refractivity contribution in [3.05, 3.63) is 50.5 Å². The van der Waals surface area contributed by atoms with Crippen LogP contribution in [0.25, 0.3) is 11.1 Å². The van der Waals surface area contributed by atoms with Crippen LogP contribution < -0.4 is 5.32 Å². The van der Waals surface area contributed by atoms with Crippen molar-refractivity contribution in [2.75, 3.05) is 6.61 Å². The third-order valence-corrected chi connectivity index (χ3v) is 7.02. The molecule has 3 aromatic rings. The molecule has 0 radical (unpaired) electrons. The first-order chi connectivity index (χ1) is 12.5. The van der Waals surface area contributed by atoms with Crippen molar-refractivity contribution in [2.24, 2.45) is 0 Å². The molecule has 0 aliphatic carbocycles. The number of fused-ring (bicyclic) bond motifs is 3. The van der Waals surface area contributed by atoms with Gasteiger partial charge in [-0.25, -0.2) is 4.98 Å². The van der Waals surface area contributed by atoms with Crippen LogP contribution in [-0.4, -0.2) is 17.6 Å². The van der Waals surface area contributed by atoms with Gasteiger partial charge < -0.3 is 14.5 Å². The Bertz CT molecular complexity index is 982. The van der Waals surface area contributed by atoms with Crippen LogP contribution in [0.15, 0.2) is 28.7 Å². The molecule has 0 bridgehead atoms. The van der Waals surface area contributed by atoms with Crippen LogP contribution in [0.3, 0.4) is 0 Å². The van der Waals surface area contributed by atoms with Crippen molar-refractivity contribution in [1.82, 2.24) is 10.3 Å². The lowest BCUT2D eigenvalue weighted by Crippen LogP contribution is -2.49. The number of thiophene rings is 1. The average Bonchev–Trinajstić information content (AvgIpc) is 3.16. The SMILES string of the molecule is Cc1nc2c([C@@H]3C[C@]4(C[C@H](C)N3)OCCc3cc(Cl)sc34)cccc2o1. The molecule has 4 nitrogen and oxygen atoms in total. The van der Waals surface area contributed by atoms with Gasteiger partial charge in [0, 0.05) is 30.3 Å². The van der Waals surface area contributed by atoms with Gasteiger partial charge in [-0.2, -0.15) is 0 Å². The first-order valence-corrected chi connectivity index (χ1v) is 10.3. The van der Waals surface area contributed by atoms with Gasteiger partial charge in [0.1, 0.15) is 11.1 Å². The van der Waals surface area contributed by atoms with Crippen LogP contribution in [0.5, 0.6) is 0 Å². The van der Waals surface area contributed by atoms with Crippen molar-refractivity contribution in [3.63, 3.8) is 0 Å². The largest absolute Gasteiger partial charge is 0.441 e. The molecule has 0 unspecified atom stereocenters. The number of nitrogens with one attached hydrogen (secondary N) is 1. The number of aryl methyl sites for hydroxylation is 1. The van der Waals surface area contributed by atoms with E-state index in [-0.39, 0.29) is 11.6 Å². The Morgan fingerprint density at radius 3 is 3.12 bits per heavy atom. The Balaban J connectivity index is 1.60. The summed E-state index contributed by atoms with van der Waals surface area (Å²) in [5.41, 5.74) is 4.07. The highest BCUT2D eigenvalue weighted by molar-refractivity contribution is 7.16. The number of para-hydroxylation sites is 1. The Morgan fingerprint density at radius 2 is 2.23 bits per heavy atom. The Labute approximate surface area is 161 Å². The molecule has 5 rings (SSSR count). The molecule has 1 fully saturated rings. The average molecular weight is 389 g/mol. The van der Waals surface area contributed by atoms with Crippen molar-refractivity contribution in [2.45, 2.75) is 50.8 Å². The quantitative estimate of drug-likeness (QED) is 0.627. The Morgan fingerprint density at radius 1 is 1.35 bits per heavy atom. The highest BCUT2D eigenvalue weighted by Gasteiger charge is 2.46. The van der Waals surface area contributed by atoms with Gasteiger partial charge in [-0.15, -0.1) is 11.3 Å². The maximum Gasteiger partial charge on any atom is 0.192 e. The molecule has 1 spiro atoms. The molecule has 136 valence electrons. The molecule has 1 N–H and O–H groups in total. The molecule has 2 aliphatic rings. The van der Waals surface area contributed by atoms with Gasteiger partial charge in [-0.1, -0.05) is 23.7 Å². The highest BCUT2D eigenvalue weighted by atomic mass is 35.5. The van der Waals surface area contributed by atoms with Crippen molar-refractivity contribution in [3.8, 4) is 0 Å². The van der Waals surface area contributed by atoms with E-state index in [1.54, 1.807) is 11.3 Å². The van der Waals surface area contributed by atoms with Crippen molar-refractivity contribution >= 4 is 34.0 Å². The molecule has 2 aromatic heterocycles. The van der Waals surface area contributed by atoms with Crippen molar-refractivity contribution < 1.29 is 9.15 Å². The van der Waals surface area contributed by atoms with Crippen LogP contribution in [0.2, 0.25) is 4.34 Å². The predicted octanol–water partition coefficient (Wildman–Crippen LogP) is 5.13. The number of piperidine rings is 1. The van der Waals surface area contributed by atoms with Crippen LogP contribution in [0.4, 0.5) is 0 Å². The molecule has 26 heavy (non-hydrogen) atoms. The molecule has 2 aliphatic heterocycles. The van der Waals surface area contributed by atoms with E-state index in [4.69, 9.17) is 20.8 Å². The van der Waals surface area contributed by atoms with Crippen LogP contribution in [0.1, 0.15) is 47.7 Å². The smallest absolute Gasteiger partial charge is 0.192 e. The first kappa shape index (κ1) is 16.8. The van der Waals surface area contributed by atoms with Gasteiger partial charge >= 0.3 is 0 Å². The van der Waals surface area contributed by atoms with E-state index in [2.05, 4.69) is 29.4 Å². The van der Waals surface area contributed by atoms with Gasteiger partial charge in [0.25, 0.3) is 0 Å². The minimum absolute atomic E-state index is 0.166. The topological polar surface area (TPSA) is 47.3 Å². The molecular formula is C20H21ClN2O2S. The van der Waals surface area contributed by atoms with Gasteiger partial charge in [-0.3, -0.25) is 0 Å². The summed E-state index contributed by atoms with van der Waals surface area (Å²) in [6, 6.07) is 8.80. The minimum Gasteiger partial charge on any atom is -0.441 e. The van der Waals surface area contributed by atoms with Crippen LogP contribution in [0, 0.1) is 6.92 Å². The number of ether oxygens (including phenoxy) is 1. The van der Waals surface area contributed by atoms with E-state index < -0.39 is 0 Å². The summed E-state index contributed by atoms with van der Waals surface area (Å²) in [5.74, 6) is 0.701. The van der Waals surface area contributed by atoms with E-state index in [0.717, 1.165) is 41.3 Å². The molecule has 0 amide bonds. The third-order valence-electron chi connectivity index (χ3n) is 5.53. The standard InChI is InChI=1S/C20H21ClN2O2S/c1-11-9-20(19-13(6-7-24-20)8-17(21)26-19)10-15(22-11)14-4-3-5-16-18(14)23-12(2)25-16/h3-5,8,11,15,22H,6-7,9-10H2,1-2H3/t11-,15-,20-/m0/s1. The fraction of sp³-hybridized carbons (Fsp3) is 0.450. The molecular weight excluding hydrogens is 368 g/mol. The normalized spacial score (nSPS) is 28.6. The Hall–Kier alpha value is -1.40. The van der Waals surface area contributed by atoms with Gasteiger partial charge in [0.05, 0.1) is 10.9 Å². The number of halogens is 1. The maximum atomic E-state index is 6.45. The summed E-state index contributed by atoms with van der Waals surface area (Å²) in [6.07, 6.45) is 2.79. The number of oxazole rings is 1. The zero-order valence-corrected chi connectivity index (χ0v) is 16.4. The monoisotopic (exact) mass is 388 g/mol. The number of hydrogen-bond acceptors (Lipinski definition) is 5. The molecule has 3 atom stereocenters. The lowest BCUT2D eigenvalue weighted by atomic mass is 9.78. The minimum atomic E-state index is -0.262. The number of aromatic nitrogens is 1. The second-order valence-corrected chi connectivity index (χ2v) is 9.14. The van der Waals surface area contributed by atoms with Crippen molar-refractivity contribution in [1.29, 1.82) is 0 Å². The fourth-order valence-corrected chi connectivity index (χ4v) is 6.09. The summed E-state index contributed by atoms with van der Waals surface area (Å²) in [6.45, 7) is 4.88. The Kier molecular flexibility index (Phi) is 3.90. The van der Waals surface area contributed by atoms with Gasteiger partial charge in [0.2, 0.25) is 0 Å². The van der Waals surface area contributed by atoms with Crippen LogP contribution >= 0.6 is 22.9 Å². The number of nitrogens with zero attached hydrogens (tertiary/aromatic N) is 1. The van der Waals surface area contributed by atoms with Gasteiger partial charge in [0.15, 0.2) is 11.5 Å². The summed E-state index contributed by atoms with van der Waals surface area (Å²) >= 11 is 8.03. The summed E-state index contributed by atoms with van der Waals surface area (Å²) in [4.78, 5) is 5.94. The third kappa shape index (κ3) is 2.61. The summed E-state index contributed by atoms with van der Waals surface area (Å²) in [7, 11) is 0. The lowest BCUT2D eigenvalue weighted by Gasteiger charge is -2.46. The molecule has 1 saturated heterocycles. The van der Waals surface area contributed by atoms with E-state index in [0.29, 0.717) is 11.9 Å². The number of benzene rings is 1. The van der Waals surface area contributed by atoms with Crippen LogP contribution in [-0.2, 0) is 16.8 Å². The van der Waals surface area contributed by atoms with Gasteiger partial charge in [-0.05, 0) is 43.0 Å². The van der Waals surface area contributed by atoms with E-state index in [1.165, 1.54) is 16.0 Å². The molecule has 0 saturated carbocycles. The second kappa shape index (κ2) is 6.06. The predicted molar refractivity (Wildman–Crippen MR) is 104 cm³/mol. The first-order valence-electron chi connectivity index (χ1n) is 9.09. The number of hydrogen-bond donors (Lipinski definition) is 1. The van der Waals surface area contributed by atoms with E-state index in [1.807, 2.05) is 19.1 Å². The summed E-state index contributed by atoms with van der Waals surface area (Å²) in [5, 5.41) is 3.75. The molecule has 6 heteroatoms.